The molecule has 28 heavy (non-hydrogen) atoms. The number of methoxy groups -OCH3 is 1. The van der Waals surface area contributed by atoms with Crippen molar-refractivity contribution in [3.05, 3.63) is 59.7 Å². The van der Waals surface area contributed by atoms with E-state index in [1.807, 2.05) is 12.1 Å². The summed E-state index contributed by atoms with van der Waals surface area (Å²) in [5.41, 5.74) is 0.343. The third-order valence-corrected chi connectivity index (χ3v) is 4.67. The minimum Gasteiger partial charge on any atom is -0.497 e. The fourth-order valence-corrected chi connectivity index (χ4v) is 3.20. The minimum absolute atomic E-state index is 0.132. The van der Waals surface area contributed by atoms with E-state index in [2.05, 4.69) is 15.5 Å². The van der Waals surface area contributed by atoms with Crippen LogP contribution in [-0.4, -0.2) is 33.5 Å². The Morgan fingerprint density at radius 3 is 2.46 bits per heavy atom. The lowest BCUT2D eigenvalue weighted by Crippen LogP contribution is -2.16. The number of nitrogens with one attached hydrogen (secondary N) is 1. The number of thioether (sulfide) groups is 1. The summed E-state index contributed by atoms with van der Waals surface area (Å²) in [6.45, 7) is 1.76. The van der Waals surface area contributed by atoms with Crippen LogP contribution in [0.1, 0.15) is 5.82 Å². The quantitative estimate of drug-likeness (QED) is 0.497. The molecule has 0 saturated heterocycles. The van der Waals surface area contributed by atoms with E-state index in [0.717, 1.165) is 17.4 Å². The zero-order valence-electron chi connectivity index (χ0n) is 14.9. The van der Waals surface area contributed by atoms with Crippen LogP contribution in [0.15, 0.2) is 41.6 Å². The average Bonchev–Trinajstić information content (AvgIpc) is 3.05. The number of carbonyl (C=O) groups is 1. The molecular formula is C18H15F3N4O2S. The number of ether oxygens (including phenoxy) is 1. The van der Waals surface area contributed by atoms with Crippen LogP contribution in [0, 0.1) is 24.4 Å². The summed E-state index contributed by atoms with van der Waals surface area (Å²) < 4.78 is 46.7. The zero-order chi connectivity index (χ0) is 20.3. The molecule has 1 heterocycles. The number of carbonyl (C=O) groups excluding carboxylic acids is 1. The van der Waals surface area contributed by atoms with Crippen molar-refractivity contribution >= 4 is 23.4 Å². The first-order valence-corrected chi connectivity index (χ1v) is 9.01. The number of halogens is 3. The Bertz CT molecular complexity index is 1010. The fraction of sp³-hybridized carbons (Fsp3) is 0.167. The lowest BCUT2D eigenvalue weighted by Gasteiger charge is -2.10. The van der Waals surface area contributed by atoms with Gasteiger partial charge in [0.15, 0.2) is 16.8 Å². The second kappa shape index (κ2) is 8.34. The van der Waals surface area contributed by atoms with Gasteiger partial charge < -0.3 is 10.1 Å². The molecule has 1 amide bonds. The third-order valence-electron chi connectivity index (χ3n) is 3.74. The molecule has 0 bridgehead atoms. The molecule has 0 spiro atoms. The number of benzene rings is 2. The van der Waals surface area contributed by atoms with Crippen LogP contribution in [0.25, 0.3) is 5.69 Å². The van der Waals surface area contributed by atoms with Crippen LogP contribution in [0.4, 0.5) is 18.9 Å². The smallest absolute Gasteiger partial charge is 0.234 e. The summed E-state index contributed by atoms with van der Waals surface area (Å²) in [4.78, 5) is 12.1. The van der Waals surface area contributed by atoms with E-state index in [9.17, 15) is 18.0 Å². The zero-order valence-corrected chi connectivity index (χ0v) is 15.7. The number of aryl methyl sites for hydroxylation is 1. The van der Waals surface area contributed by atoms with Crippen molar-refractivity contribution in [2.75, 3.05) is 18.2 Å². The SMILES string of the molecule is COc1ccc(-n2c(C)nnc2SCC(=O)Nc2cc(F)c(F)cc2F)cc1. The molecule has 1 aromatic heterocycles. The summed E-state index contributed by atoms with van der Waals surface area (Å²) in [7, 11) is 1.56. The summed E-state index contributed by atoms with van der Waals surface area (Å²) >= 11 is 1.07. The number of hydrogen-bond donors (Lipinski definition) is 1. The molecule has 0 atom stereocenters. The molecule has 1 N–H and O–H groups in total. The molecule has 10 heteroatoms. The van der Waals surface area contributed by atoms with Gasteiger partial charge in [0, 0.05) is 17.8 Å². The number of aromatic nitrogens is 3. The van der Waals surface area contributed by atoms with Gasteiger partial charge in [0.1, 0.15) is 17.4 Å². The number of rotatable bonds is 6. The Labute approximate surface area is 162 Å². The van der Waals surface area contributed by atoms with Gasteiger partial charge in [-0.05, 0) is 31.2 Å². The first-order valence-electron chi connectivity index (χ1n) is 8.02. The van der Waals surface area contributed by atoms with Crippen molar-refractivity contribution in [3.8, 4) is 11.4 Å². The molecule has 0 aliphatic heterocycles. The van der Waals surface area contributed by atoms with Crippen LogP contribution in [-0.2, 0) is 4.79 Å². The van der Waals surface area contributed by atoms with E-state index in [0.29, 0.717) is 28.9 Å². The van der Waals surface area contributed by atoms with E-state index >= 15 is 0 Å². The number of amides is 1. The van der Waals surface area contributed by atoms with Crippen LogP contribution < -0.4 is 10.1 Å². The van der Waals surface area contributed by atoms with Crippen LogP contribution in [0.3, 0.4) is 0 Å². The van der Waals surface area contributed by atoms with Gasteiger partial charge >= 0.3 is 0 Å². The highest BCUT2D eigenvalue weighted by Gasteiger charge is 2.16. The highest BCUT2D eigenvalue weighted by Crippen LogP contribution is 2.24. The molecule has 2 aromatic carbocycles. The lowest BCUT2D eigenvalue weighted by molar-refractivity contribution is -0.113. The highest BCUT2D eigenvalue weighted by atomic mass is 32.2. The van der Waals surface area contributed by atoms with Crippen LogP contribution in [0.2, 0.25) is 0 Å². The van der Waals surface area contributed by atoms with E-state index < -0.39 is 29.0 Å². The molecule has 3 rings (SSSR count). The second-order valence-corrected chi connectivity index (χ2v) is 6.59. The largest absolute Gasteiger partial charge is 0.497 e. The van der Waals surface area contributed by atoms with Gasteiger partial charge in [0.2, 0.25) is 5.91 Å². The second-order valence-electron chi connectivity index (χ2n) is 5.65. The molecule has 3 aromatic rings. The topological polar surface area (TPSA) is 69.0 Å². The minimum atomic E-state index is -1.33. The number of hydrogen-bond acceptors (Lipinski definition) is 5. The van der Waals surface area contributed by atoms with Gasteiger partial charge in [-0.3, -0.25) is 9.36 Å². The first-order chi connectivity index (χ1) is 13.4. The van der Waals surface area contributed by atoms with Gasteiger partial charge in [0.25, 0.3) is 0 Å². The van der Waals surface area contributed by atoms with Crippen molar-refractivity contribution in [2.45, 2.75) is 12.1 Å². The monoisotopic (exact) mass is 408 g/mol. The van der Waals surface area contributed by atoms with E-state index in [1.54, 1.807) is 30.7 Å². The molecule has 0 aliphatic carbocycles. The van der Waals surface area contributed by atoms with Gasteiger partial charge in [-0.1, -0.05) is 11.8 Å². The summed E-state index contributed by atoms with van der Waals surface area (Å²) in [6.07, 6.45) is 0. The Morgan fingerprint density at radius 1 is 1.11 bits per heavy atom. The average molecular weight is 408 g/mol. The van der Waals surface area contributed by atoms with Crippen molar-refractivity contribution in [2.24, 2.45) is 0 Å². The Balaban J connectivity index is 1.71. The van der Waals surface area contributed by atoms with Crippen molar-refractivity contribution in [1.29, 1.82) is 0 Å². The summed E-state index contributed by atoms with van der Waals surface area (Å²) in [5.74, 6) is -3.07. The van der Waals surface area contributed by atoms with E-state index in [1.165, 1.54) is 0 Å². The predicted molar refractivity (Wildman–Crippen MR) is 98.3 cm³/mol. The van der Waals surface area contributed by atoms with Gasteiger partial charge in [0.05, 0.1) is 18.6 Å². The van der Waals surface area contributed by atoms with Gasteiger partial charge in [-0.15, -0.1) is 10.2 Å². The summed E-state index contributed by atoms with van der Waals surface area (Å²) in [6, 6.07) is 8.16. The molecule has 0 fully saturated rings. The lowest BCUT2D eigenvalue weighted by atomic mass is 10.3. The van der Waals surface area contributed by atoms with Crippen molar-refractivity contribution in [3.63, 3.8) is 0 Å². The Kier molecular flexibility index (Phi) is 5.88. The molecule has 0 aliphatic rings. The molecular weight excluding hydrogens is 393 g/mol. The standard InChI is InChI=1S/C18H15F3N4O2S/c1-10-23-24-18(25(10)11-3-5-12(27-2)6-4-11)28-9-17(26)22-16-8-14(20)13(19)7-15(16)21/h3-8H,9H2,1-2H3,(H,22,26). The van der Waals surface area contributed by atoms with Crippen LogP contribution >= 0.6 is 11.8 Å². The third kappa shape index (κ3) is 4.28. The fourth-order valence-electron chi connectivity index (χ4n) is 2.40. The molecule has 146 valence electrons. The maximum Gasteiger partial charge on any atom is 0.234 e. The number of nitrogens with zero attached hydrogens (tertiary/aromatic N) is 3. The predicted octanol–water partition coefficient (Wildman–Crippen LogP) is 3.73. The van der Waals surface area contributed by atoms with E-state index in [4.69, 9.17) is 4.74 Å². The van der Waals surface area contributed by atoms with E-state index in [-0.39, 0.29) is 5.75 Å². The van der Waals surface area contributed by atoms with Gasteiger partial charge in [-0.25, -0.2) is 13.2 Å². The maximum atomic E-state index is 13.6. The molecule has 0 unspecified atom stereocenters. The van der Waals surface area contributed by atoms with Crippen molar-refractivity contribution < 1.29 is 22.7 Å². The van der Waals surface area contributed by atoms with Gasteiger partial charge in [-0.2, -0.15) is 0 Å². The highest BCUT2D eigenvalue weighted by molar-refractivity contribution is 7.99. The van der Waals surface area contributed by atoms with Crippen molar-refractivity contribution in [1.82, 2.24) is 14.8 Å². The number of anilines is 1. The Hall–Kier alpha value is -3.01. The molecule has 6 nitrogen and oxygen atoms in total. The van der Waals surface area contributed by atoms with Crippen LogP contribution in [0.5, 0.6) is 5.75 Å². The molecule has 0 radical (unpaired) electrons. The molecule has 0 saturated carbocycles. The maximum absolute atomic E-state index is 13.6. The normalized spacial score (nSPS) is 10.8. The summed E-state index contributed by atoms with van der Waals surface area (Å²) in [5, 5.41) is 10.7. The first kappa shape index (κ1) is 19.7. The Morgan fingerprint density at radius 2 is 1.79 bits per heavy atom.